The van der Waals surface area contributed by atoms with Gasteiger partial charge in [-0.25, -0.2) is 0 Å². The minimum Gasteiger partial charge on any atom is -0.484 e. The zero-order chi connectivity index (χ0) is 24.5. The maximum atomic E-state index is 12.6. The molecule has 0 aliphatic rings. The van der Waals surface area contributed by atoms with E-state index in [0.717, 1.165) is 12.1 Å². The Kier molecular flexibility index (Phi) is 8.13. The second kappa shape index (κ2) is 11.8. The fourth-order valence-corrected chi connectivity index (χ4v) is 4.11. The molecule has 0 fully saturated rings. The van der Waals surface area contributed by atoms with Crippen molar-refractivity contribution < 1.29 is 14.3 Å². The van der Waals surface area contributed by atoms with E-state index in [-0.39, 0.29) is 24.2 Å². The molecule has 9 heteroatoms. The van der Waals surface area contributed by atoms with Crippen LogP contribution in [0.4, 0.5) is 11.4 Å². The van der Waals surface area contributed by atoms with Gasteiger partial charge in [0.15, 0.2) is 11.8 Å². The van der Waals surface area contributed by atoms with Gasteiger partial charge in [0, 0.05) is 17.4 Å². The molecular weight excluding hydrogens is 462 g/mol. The normalized spacial score (nSPS) is 10.5. The molecule has 2 N–H and O–H groups in total. The largest absolute Gasteiger partial charge is 0.484 e. The van der Waals surface area contributed by atoms with Crippen LogP contribution in [0, 0.1) is 0 Å². The summed E-state index contributed by atoms with van der Waals surface area (Å²) in [7, 11) is 0. The summed E-state index contributed by atoms with van der Waals surface area (Å²) < 4.78 is 7.47. The average molecular weight is 488 g/mol. The molecular formula is C26H25N5O3S. The van der Waals surface area contributed by atoms with Crippen molar-refractivity contribution in [3.63, 3.8) is 0 Å². The number of anilines is 2. The van der Waals surface area contributed by atoms with Crippen LogP contribution in [-0.2, 0) is 16.0 Å². The summed E-state index contributed by atoms with van der Waals surface area (Å²) in [5.41, 5.74) is 3.46. The molecule has 0 unspecified atom stereocenters. The highest BCUT2D eigenvalue weighted by Crippen LogP contribution is 2.23. The average Bonchev–Trinajstić information content (AvgIpc) is 3.35. The lowest BCUT2D eigenvalue weighted by Crippen LogP contribution is -2.20. The van der Waals surface area contributed by atoms with Gasteiger partial charge in [-0.05, 0) is 42.3 Å². The predicted molar refractivity (Wildman–Crippen MR) is 137 cm³/mol. The summed E-state index contributed by atoms with van der Waals surface area (Å²) in [5.74, 6) is 0.190. The van der Waals surface area contributed by atoms with E-state index < -0.39 is 0 Å². The van der Waals surface area contributed by atoms with Crippen LogP contribution in [0.5, 0.6) is 5.75 Å². The van der Waals surface area contributed by atoms with Gasteiger partial charge in [0.25, 0.3) is 5.91 Å². The van der Waals surface area contributed by atoms with Crippen molar-refractivity contribution in [3.05, 3.63) is 90.8 Å². The number of benzene rings is 3. The molecule has 178 valence electrons. The first-order chi connectivity index (χ1) is 17.1. The smallest absolute Gasteiger partial charge is 0.262 e. The number of rotatable bonds is 10. The monoisotopic (exact) mass is 487 g/mol. The van der Waals surface area contributed by atoms with E-state index in [9.17, 15) is 9.59 Å². The van der Waals surface area contributed by atoms with Crippen LogP contribution >= 0.6 is 11.8 Å². The molecule has 0 saturated heterocycles. The van der Waals surface area contributed by atoms with Gasteiger partial charge in [0.05, 0.1) is 11.4 Å². The van der Waals surface area contributed by atoms with Gasteiger partial charge in [-0.2, -0.15) is 0 Å². The second-order valence-corrected chi connectivity index (χ2v) is 8.48. The Morgan fingerprint density at radius 3 is 2.49 bits per heavy atom. The van der Waals surface area contributed by atoms with Crippen molar-refractivity contribution in [2.45, 2.75) is 18.5 Å². The van der Waals surface area contributed by atoms with Crippen LogP contribution in [-0.4, -0.2) is 38.9 Å². The Morgan fingerprint density at radius 2 is 1.66 bits per heavy atom. The summed E-state index contributed by atoms with van der Waals surface area (Å²) in [6, 6.07) is 24.1. The Bertz CT molecular complexity index is 1290. The summed E-state index contributed by atoms with van der Waals surface area (Å²) in [5, 5.41) is 14.5. The fraction of sp³-hybridized carbons (Fsp3) is 0.154. The summed E-state index contributed by atoms with van der Waals surface area (Å²) in [4.78, 5) is 24.7. The first kappa shape index (κ1) is 24.0. The number of nitrogens with one attached hydrogen (secondary N) is 2. The minimum atomic E-state index is -0.268. The van der Waals surface area contributed by atoms with Crippen molar-refractivity contribution in [2.24, 2.45) is 0 Å². The number of thioether (sulfide) groups is 1. The molecule has 0 aliphatic heterocycles. The standard InChI is InChI=1S/C26H25N5O3S/c1-2-19-9-6-7-14-23(19)31-18-27-30-26(31)35-17-25(33)29-21-12-8-13-22(15-21)34-16-24(32)28-20-10-4-3-5-11-20/h3-15,18H,2,16-17H2,1H3,(H,28,32)(H,29,33). The topological polar surface area (TPSA) is 98.1 Å². The predicted octanol–water partition coefficient (Wildman–Crippen LogP) is 4.58. The third kappa shape index (κ3) is 6.70. The molecule has 35 heavy (non-hydrogen) atoms. The number of para-hydroxylation sites is 2. The number of carbonyl (C=O) groups is 2. The van der Waals surface area contributed by atoms with E-state index in [1.165, 1.54) is 17.3 Å². The molecule has 0 bridgehead atoms. The van der Waals surface area contributed by atoms with E-state index in [4.69, 9.17) is 4.74 Å². The zero-order valence-electron chi connectivity index (χ0n) is 19.2. The lowest BCUT2D eigenvalue weighted by atomic mass is 10.1. The molecule has 0 saturated carbocycles. The Labute approximate surface area is 207 Å². The molecule has 3 aromatic carbocycles. The number of nitrogens with zero attached hydrogens (tertiary/aromatic N) is 3. The van der Waals surface area contributed by atoms with Gasteiger partial charge in [-0.15, -0.1) is 10.2 Å². The summed E-state index contributed by atoms with van der Waals surface area (Å²) in [6.45, 7) is 1.95. The molecule has 4 rings (SSSR count). The number of hydrogen-bond donors (Lipinski definition) is 2. The summed E-state index contributed by atoms with van der Waals surface area (Å²) in [6.07, 6.45) is 2.54. The highest BCUT2D eigenvalue weighted by molar-refractivity contribution is 7.99. The lowest BCUT2D eigenvalue weighted by molar-refractivity contribution is -0.118. The minimum absolute atomic E-state index is 0.142. The van der Waals surface area contributed by atoms with Crippen LogP contribution < -0.4 is 15.4 Å². The molecule has 2 amide bonds. The molecule has 8 nitrogen and oxygen atoms in total. The highest BCUT2D eigenvalue weighted by Gasteiger charge is 2.13. The van der Waals surface area contributed by atoms with Crippen molar-refractivity contribution in [2.75, 3.05) is 23.0 Å². The highest BCUT2D eigenvalue weighted by atomic mass is 32.2. The van der Waals surface area contributed by atoms with Crippen molar-refractivity contribution in [1.82, 2.24) is 14.8 Å². The summed E-state index contributed by atoms with van der Waals surface area (Å²) >= 11 is 1.31. The van der Waals surface area contributed by atoms with Crippen LogP contribution in [0.25, 0.3) is 5.69 Å². The molecule has 4 aromatic rings. The quantitative estimate of drug-likeness (QED) is 0.318. The Hall–Kier alpha value is -4.11. The van der Waals surface area contributed by atoms with Crippen LogP contribution in [0.3, 0.4) is 0 Å². The van der Waals surface area contributed by atoms with Crippen LogP contribution in [0.1, 0.15) is 12.5 Å². The first-order valence-electron chi connectivity index (χ1n) is 11.1. The van der Waals surface area contributed by atoms with E-state index in [1.807, 2.05) is 41.0 Å². The van der Waals surface area contributed by atoms with E-state index in [0.29, 0.717) is 22.3 Å². The number of aromatic nitrogens is 3. The fourth-order valence-electron chi connectivity index (χ4n) is 3.39. The number of amides is 2. The number of carbonyl (C=O) groups excluding carboxylic acids is 2. The SMILES string of the molecule is CCc1ccccc1-n1cnnc1SCC(=O)Nc1cccc(OCC(=O)Nc2ccccc2)c1. The molecule has 1 heterocycles. The molecule has 0 aliphatic carbocycles. The number of ether oxygens (including phenoxy) is 1. The van der Waals surface area contributed by atoms with Gasteiger partial charge in [-0.3, -0.25) is 14.2 Å². The van der Waals surface area contributed by atoms with Gasteiger partial charge in [0.1, 0.15) is 12.1 Å². The zero-order valence-corrected chi connectivity index (χ0v) is 20.0. The molecule has 0 atom stereocenters. The van der Waals surface area contributed by atoms with Gasteiger partial charge >= 0.3 is 0 Å². The van der Waals surface area contributed by atoms with Crippen molar-refractivity contribution >= 4 is 35.0 Å². The first-order valence-corrected chi connectivity index (χ1v) is 12.1. The maximum Gasteiger partial charge on any atom is 0.262 e. The lowest BCUT2D eigenvalue weighted by Gasteiger charge is -2.11. The number of aryl methyl sites for hydroxylation is 1. The third-order valence-corrected chi connectivity index (χ3v) is 5.97. The van der Waals surface area contributed by atoms with Crippen LogP contribution in [0.2, 0.25) is 0 Å². The van der Waals surface area contributed by atoms with E-state index >= 15 is 0 Å². The van der Waals surface area contributed by atoms with E-state index in [1.54, 1.807) is 42.7 Å². The van der Waals surface area contributed by atoms with Crippen LogP contribution in [0.15, 0.2) is 90.3 Å². The molecule has 0 radical (unpaired) electrons. The van der Waals surface area contributed by atoms with Crippen molar-refractivity contribution in [1.29, 1.82) is 0 Å². The molecule has 1 aromatic heterocycles. The maximum absolute atomic E-state index is 12.6. The van der Waals surface area contributed by atoms with E-state index in [2.05, 4.69) is 33.8 Å². The van der Waals surface area contributed by atoms with Crippen molar-refractivity contribution in [3.8, 4) is 11.4 Å². The number of hydrogen-bond acceptors (Lipinski definition) is 6. The second-order valence-electron chi connectivity index (χ2n) is 7.53. The van der Waals surface area contributed by atoms with Gasteiger partial charge in [0.2, 0.25) is 5.91 Å². The van der Waals surface area contributed by atoms with Gasteiger partial charge in [-0.1, -0.05) is 61.2 Å². The van der Waals surface area contributed by atoms with Gasteiger partial charge < -0.3 is 15.4 Å². The Balaban J connectivity index is 1.30. The Morgan fingerprint density at radius 1 is 0.914 bits per heavy atom. The third-order valence-electron chi connectivity index (χ3n) is 5.03. The molecule has 0 spiro atoms.